The highest BCUT2D eigenvalue weighted by atomic mass is 16.6. The summed E-state index contributed by atoms with van der Waals surface area (Å²) in [4.78, 5) is 22.0. The van der Waals surface area contributed by atoms with Crippen molar-refractivity contribution in [3.8, 4) is 0 Å². The molecule has 15 heavy (non-hydrogen) atoms. The van der Waals surface area contributed by atoms with Crippen LogP contribution in [-0.2, 0) is 14.3 Å². The first kappa shape index (κ1) is 13.6. The number of hydrogen-bond donors (Lipinski definition) is 0. The number of rotatable bonds is 6. The molecular formula is C12H18O3. The van der Waals surface area contributed by atoms with Crippen LogP contribution in [0.5, 0.6) is 0 Å². The van der Waals surface area contributed by atoms with Gasteiger partial charge in [-0.25, -0.2) is 4.79 Å². The van der Waals surface area contributed by atoms with Crippen LogP contribution in [0.1, 0.15) is 39.5 Å². The maximum atomic E-state index is 11.0. The quantitative estimate of drug-likeness (QED) is 0.293. The predicted molar refractivity (Wildman–Crippen MR) is 59.2 cm³/mol. The van der Waals surface area contributed by atoms with Gasteiger partial charge in [0.1, 0.15) is 0 Å². The second-order valence-electron chi connectivity index (χ2n) is 3.07. The number of esters is 2. The maximum absolute atomic E-state index is 11.0. The Labute approximate surface area is 90.8 Å². The van der Waals surface area contributed by atoms with Gasteiger partial charge in [-0.15, -0.1) is 0 Å². The van der Waals surface area contributed by atoms with Crippen LogP contribution < -0.4 is 0 Å². The molecule has 0 aromatic carbocycles. The number of ether oxygens (including phenoxy) is 1. The van der Waals surface area contributed by atoms with E-state index in [2.05, 4.69) is 4.74 Å². The van der Waals surface area contributed by atoms with Gasteiger partial charge in [-0.3, -0.25) is 4.79 Å². The van der Waals surface area contributed by atoms with Gasteiger partial charge in [-0.05, 0) is 12.8 Å². The van der Waals surface area contributed by atoms with Crippen LogP contribution in [0.2, 0.25) is 0 Å². The Morgan fingerprint density at radius 1 is 1.13 bits per heavy atom. The zero-order valence-corrected chi connectivity index (χ0v) is 9.36. The summed E-state index contributed by atoms with van der Waals surface area (Å²) < 4.78 is 4.53. The standard InChI is InChI=1S/C12H18O3/c1-3-5-7-9-11(13)15-12(14)10-8-6-4-2/h5,7-8,10H,3-4,6,9H2,1-2H3/b7-5-,10-8?. The molecule has 0 aromatic rings. The summed E-state index contributed by atoms with van der Waals surface area (Å²) in [5.74, 6) is -1.09. The van der Waals surface area contributed by atoms with Gasteiger partial charge >= 0.3 is 11.9 Å². The zero-order chi connectivity index (χ0) is 11.5. The summed E-state index contributed by atoms with van der Waals surface area (Å²) >= 11 is 0. The Kier molecular flexibility index (Phi) is 8.34. The minimum atomic E-state index is -0.585. The minimum Gasteiger partial charge on any atom is -0.390 e. The second kappa shape index (κ2) is 9.19. The van der Waals surface area contributed by atoms with Crippen LogP contribution >= 0.6 is 0 Å². The van der Waals surface area contributed by atoms with E-state index in [1.54, 1.807) is 12.2 Å². The third-order valence-corrected chi connectivity index (χ3v) is 1.61. The first-order chi connectivity index (χ1) is 7.20. The number of unbranched alkanes of at least 4 members (excludes halogenated alkanes) is 1. The molecule has 0 aliphatic rings. The third kappa shape index (κ3) is 8.94. The molecule has 0 heterocycles. The van der Waals surface area contributed by atoms with Gasteiger partial charge in [0.15, 0.2) is 0 Å². The Hall–Kier alpha value is -1.38. The topological polar surface area (TPSA) is 43.4 Å². The number of carbonyl (C=O) groups is 2. The largest absolute Gasteiger partial charge is 0.390 e. The van der Waals surface area contributed by atoms with Crippen LogP contribution in [0.4, 0.5) is 0 Å². The molecule has 3 nitrogen and oxygen atoms in total. The van der Waals surface area contributed by atoms with Gasteiger partial charge < -0.3 is 4.74 Å². The Morgan fingerprint density at radius 3 is 2.47 bits per heavy atom. The molecule has 0 rings (SSSR count). The highest BCUT2D eigenvalue weighted by molar-refractivity contribution is 5.92. The average molecular weight is 210 g/mol. The lowest BCUT2D eigenvalue weighted by Crippen LogP contribution is -2.08. The van der Waals surface area contributed by atoms with Gasteiger partial charge in [0.05, 0.1) is 6.42 Å². The van der Waals surface area contributed by atoms with Crippen molar-refractivity contribution in [1.29, 1.82) is 0 Å². The van der Waals surface area contributed by atoms with Gasteiger partial charge in [0.25, 0.3) is 0 Å². The van der Waals surface area contributed by atoms with Crippen LogP contribution in [0.3, 0.4) is 0 Å². The van der Waals surface area contributed by atoms with Gasteiger partial charge in [-0.2, -0.15) is 0 Å². The maximum Gasteiger partial charge on any atom is 0.338 e. The highest BCUT2D eigenvalue weighted by Gasteiger charge is 2.04. The van der Waals surface area contributed by atoms with Crippen molar-refractivity contribution in [3.05, 3.63) is 24.3 Å². The normalized spacial score (nSPS) is 11.1. The van der Waals surface area contributed by atoms with Crippen molar-refractivity contribution < 1.29 is 14.3 Å². The lowest BCUT2D eigenvalue weighted by atomic mass is 10.3. The van der Waals surface area contributed by atoms with E-state index in [0.29, 0.717) is 0 Å². The molecule has 0 spiro atoms. The Morgan fingerprint density at radius 2 is 1.87 bits per heavy atom. The fourth-order valence-corrected chi connectivity index (χ4v) is 0.880. The fraction of sp³-hybridized carbons (Fsp3) is 0.500. The smallest absolute Gasteiger partial charge is 0.338 e. The molecule has 0 saturated carbocycles. The number of carbonyl (C=O) groups excluding carboxylic acids is 2. The summed E-state index contributed by atoms with van der Waals surface area (Å²) in [5.41, 5.74) is 0. The molecule has 0 aliphatic heterocycles. The lowest BCUT2D eigenvalue weighted by Gasteiger charge is -1.95. The molecule has 0 bridgehead atoms. The van der Waals surface area contributed by atoms with Crippen LogP contribution in [-0.4, -0.2) is 11.9 Å². The predicted octanol–water partition coefficient (Wildman–Crippen LogP) is 2.77. The first-order valence-electron chi connectivity index (χ1n) is 5.26. The minimum absolute atomic E-state index is 0.154. The molecule has 0 aliphatic carbocycles. The number of hydrogen-bond acceptors (Lipinski definition) is 3. The molecule has 0 atom stereocenters. The first-order valence-corrected chi connectivity index (χ1v) is 5.26. The molecule has 0 saturated heterocycles. The zero-order valence-electron chi connectivity index (χ0n) is 9.36. The van der Waals surface area contributed by atoms with Crippen LogP contribution in [0.25, 0.3) is 0 Å². The van der Waals surface area contributed by atoms with Crippen molar-refractivity contribution in [2.45, 2.75) is 39.5 Å². The summed E-state index contributed by atoms with van der Waals surface area (Å²) in [5, 5.41) is 0. The van der Waals surface area contributed by atoms with Crippen molar-refractivity contribution in [3.63, 3.8) is 0 Å². The Bertz CT molecular complexity index is 252. The van der Waals surface area contributed by atoms with E-state index < -0.39 is 11.9 Å². The van der Waals surface area contributed by atoms with E-state index >= 15 is 0 Å². The second-order valence-corrected chi connectivity index (χ2v) is 3.07. The highest BCUT2D eigenvalue weighted by Crippen LogP contribution is 1.94. The van der Waals surface area contributed by atoms with E-state index in [4.69, 9.17) is 0 Å². The summed E-state index contributed by atoms with van der Waals surface area (Å²) in [6, 6.07) is 0. The van der Waals surface area contributed by atoms with Gasteiger partial charge in [-0.1, -0.05) is 38.5 Å². The fourth-order valence-electron chi connectivity index (χ4n) is 0.880. The summed E-state index contributed by atoms with van der Waals surface area (Å²) in [6.45, 7) is 3.98. The molecule has 0 unspecified atom stereocenters. The molecule has 3 heteroatoms. The van der Waals surface area contributed by atoms with Crippen LogP contribution in [0, 0.1) is 0 Å². The average Bonchev–Trinajstić information content (AvgIpc) is 2.18. The monoisotopic (exact) mass is 210 g/mol. The molecule has 0 radical (unpaired) electrons. The molecule has 0 aromatic heterocycles. The molecular weight excluding hydrogens is 192 g/mol. The van der Waals surface area contributed by atoms with Crippen molar-refractivity contribution in [2.75, 3.05) is 0 Å². The van der Waals surface area contributed by atoms with Crippen molar-refractivity contribution in [1.82, 2.24) is 0 Å². The van der Waals surface area contributed by atoms with Gasteiger partial charge in [0, 0.05) is 6.08 Å². The van der Waals surface area contributed by atoms with E-state index in [9.17, 15) is 9.59 Å². The Balaban J connectivity index is 3.76. The van der Waals surface area contributed by atoms with E-state index in [1.165, 1.54) is 6.08 Å². The van der Waals surface area contributed by atoms with Crippen LogP contribution in [0.15, 0.2) is 24.3 Å². The molecule has 0 amide bonds. The molecule has 0 N–H and O–H groups in total. The third-order valence-electron chi connectivity index (χ3n) is 1.61. The summed E-state index contributed by atoms with van der Waals surface area (Å²) in [7, 11) is 0. The molecule has 84 valence electrons. The summed E-state index contributed by atoms with van der Waals surface area (Å²) in [6.07, 6.45) is 9.38. The SMILES string of the molecule is CC/C=C\CC(=O)OC(=O)C=CCCC. The van der Waals surface area contributed by atoms with E-state index in [0.717, 1.165) is 19.3 Å². The van der Waals surface area contributed by atoms with Crippen molar-refractivity contribution in [2.24, 2.45) is 0 Å². The number of allylic oxidation sites excluding steroid dienone is 2. The van der Waals surface area contributed by atoms with Gasteiger partial charge in [0.2, 0.25) is 0 Å². The van der Waals surface area contributed by atoms with E-state index in [-0.39, 0.29) is 6.42 Å². The van der Waals surface area contributed by atoms with E-state index in [1.807, 2.05) is 19.9 Å². The lowest BCUT2D eigenvalue weighted by molar-refractivity contribution is -0.155. The molecule has 0 fully saturated rings. The van der Waals surface area contributed by atoms with Crippen molar-refractivity contribution >= 4 is 11.9 Å².